The number of ketones is 2. The summed E-state index contributed by atoms with van der Waals surface area (Å²) in [7, 11) is 0. The summed E-state index contributed by atoms with van der Waals surface area (Å²) in [5.41, 5.74) is 2.26. The van der Waals surface area contributed by atoms with Crippen LogP contribution in [-0.2, 0) is 0 Å². The van der Waals surface area contributed by atoms with Crippen LogP contribution in [0.2, 0.25) is 0 Å². The lowest BCUT2D eigenvalue weighted by Gasteiger charge is -2.30. The fourth-order valence-electron chi connectivity index (χ4n) is 3.90. The van der Waals surface area contributed by atoms with Gasteiger partial charge in [-0.05, 0) is 42.5 Å². The van der Waals surface area contributed by atoms with E-state index in [9.17, 15) is 9.59 Å². The third-order valence-corrected chi connectivity index (χ3v) is 7.44. The molecule has 0 saturated carbocycles. The molecule has 0 radical (unpaired) electrons. The molecule has 0 spiro atoms. The number of aromatic nitrogens is 1. The van der Waals surface area contributed by atoms with Crippen molar-refractivity contribution in [3.8, 4) is 0 Å². The molecule has 0 N–H and O–H groups in total. The van der Waals surface area contributed by atoms with Gasteiger partial charge in [0.05, 0.1) is 16.2 Å². The molecule has 4 aromatic rings. The second-order valence-corrected chi connectivity index (χ2v) is 9.35. The van der Waals surface area contributed by atoms with Gasteiger partial charge in [0.2, 0.25) is 0 Å². The van der Waals surface area contributed by atoms with Crippen molar-refractivity contribution in [2.45, 2.75) is 9.79 Å². The summed E-state index contributed by atoms with van der Waals surface area (Å²) in [6.07, 6.45) is 3.51. The number of carbonyl (C=O) groups is 2. The molecule has 0 atom stereocenters. The van der Waals surface area contributed by atoms with E-state index in [1.54, 1.807) is 48.3 Å². The van der Waals surface area contributed by atoms with Crippen molar-refractivity contribution in [2.24, 2.45) is 0 Å². The summed E-state index contributed by atoms with van der Waals surface area (Å²) in [6, 6.07) is 23.2. The summed E-state index contributed by atoms with van der Waals surface area (Å²) < 4.78 is 0. The van der Waals surface area contributed by atoms with Crippen LogP contribution in [0.4, 0.5) is 16.5 Å². The van der Waals surface area contributed by atoms with Crippen molar-refractivity contribution in [1.29, 1.82) is 0 Å². The molecule has 6 heteroatoms. The van der Waals surface area contributed by atoms with E-state index in [1.807, 2.05) is 30.3 Å². The number of benzene rings is 2. The van der Waals surface area contributed by atoms with Gasteiger partial charge in [0.15, 0.2) is 17.4 Å². The smallest absolute Gasteiger partial charge is 0.197 e. The molecule has 0 fully saturated rings. The molecule has 6 rings (SSSR count). The minimum Gasteiger partial charge on any atom is -0.288 e. The SMILES string of the molecule is O=C1C(=Cc2ccc(N3c4ccccc4Sc4cccnc43)s2)C(=O)c2ccccc21. The third kappa shape index (κ3) is 2.87. The number of anilines is 3. The summed E-state index contributed by atoms with van der Waals surface area (Å²) in [6.45, 7) is 0. The third-order valence-electron chi connectivity index (χ3n) is 5.31. The number of hydrogen-bond donors (Lipinski definition) is 0. The highest BCUT2D eigenvalue weighted by atomic mass is 32.2. The number of thiophene rings is 1. The Bertz CT molecular complexity index is 1340. The number of para-hydroxylation sites is 1. The summed E-state index contributed by atoms with van der Waals surface area (Å²) in [5, 5.41) is 0.981. The van der Waals surface area contributed by atoms with Crippen molar-refractivity contribution in [3.63, 3.8) is 0 Å². The normalized spacial score (nSPS) is 14.3. The Balaban J connectivity index is 1.43. The van der Waals surface area contributed by atoms with Crippen LogP contribution in [0.5, 0.6) is 0 Å². The van der Waals surface area contributed by atoms with Gasteiger partial charge in [0.1, 0.15) is 5.00 Å². The zero-order chi connectivity index (χ0) is 20.9. The molecule has 2 aromatic heterocycles. The average molecular weight is 439 g/mol. The lowest BCUT2D eigenvalue weighted by Crippen LogP contribution is -2.14. The van der Waals surface area contributed by atoms with Gasteiger partial charge in [0.25, 0.3) is 0 Å². The Hall–Kier alpha value is -3.48. The predicted molar refractivity (Wildman–Crippen MR) is 124 cm³/mol. The number of pyridine rings is 1. The molecule has 0 bridgehead atoms. The van der Waals surface area contributed by atoms with E-state index in [0.29, 0.717) is 11.1 Å². The van der Waals surface area contributed by atoms with Crippen LogP contribution in [0.25, 0.3) is 6.08 Å². The predicted octanol–water partition coefficient (Wildman–Crippen LogP) is 6.54. The largest absolute Gasteiger partial charge is 0.288 e. The van der Waals surface area contributed by atoms with Gasteiger partial charge in [-0.1, -0.05) is 48.2 Å². The first-order chi connectivity index (χ1) is 15.2. The van der Waals surface area contributed by atoms with Crippen molar-refractivity contribution in [2.75, 3.05) is 4.90 Å². The lowest BCUT2D eigenvalue weighted by molar-refractivity contribution is 0.0990. The van der Waals surface area contributed by atoms with E-state index >= 15 is 0 Å². The van der Waals surface area contributed by atoms with Crippen molar-refractivity contribution in [1.82, 2.24) is 4.98 Å². The van der Waals surface area contributed by atoms with Crippen molar-refractivity contribution >= 4 is 57.2 Å². The summed E-state index contributed by atoms with van der Waals surface area (Å²) >= 11 is 3.24. The van der Waals surface area contributed by atoms with E-state index in [2.05, 4.69) is 28.1 Å². The molecular formula is C25H14N2O2S2. The molecular weight excluding hydrogens is 424 g/mol. The second-order valence-electron chi connectivity index (χ2n) is 7.17. The zero-order valence-electron chi connectivity index (χ0n) is 16.1. The van der Waals surface area contributed by atoms with Crippen LogP contribution in [0.3, 0.4) is 0 Å². The molecule has 148 valence electrons. The second kappa shape index (κ2) is 7.04. The first-order valence-corrected chi connectivity index (χ1v) is 11.4. The Kier molecular flexibility index (Phi) is 4.16. The van der Waals surface area contributed by atoms with Gasteiger partial charge < -0.3 is 0 Å². The van der Waals surface area contributed by atoms with E-state index < -0.39 is 0 Å². The number of nitrogens with zero attached hydrogens (tertiary/aromatic N) is 2. The summed E-state index contributed by atoms with van der Waals surface area (Å²) in [5.74, 6) is 0.470. The molecule has 2 aromatic carbocycles. The number of fused-ring (bicyclic) bond motifs is 3. The fourth-order valence-corrected chi connectivity index (χ4v) is 5.90. The molecule has 2 aliphatic rings. The Morgan fingerprint density at radius 2 is 1.48 bits per heavy atom. The van der Waals surface area contributed by atoms with Crippen LogP contribution in [0, 0.1) is 0 Å². The minimum atomic E-state index is -0.206. The first kappa shape index (κ1) is 18.3. The monoisotopic (exact) mass is 438 g/mol. The maximum Gasteiger partial charge on any atom is 0.197 e. The van der Waals surface area contributed by atoms with Crippen molar-refractivity contribution in [3.05, 3.63) is 101 Å². The molecule has 0 amide bonds. The molecule has 1 aliphatic carbocycles. The van der Waals surface area contributed by atoms with Crippen molar-refractivity contribution < 1.29 is 9.59 Å². The number of rotatable bonds is 2. The number of hydrogen-bond acceptors (Lipinski definition) is 6. The molecule has 0 saturated heterocycles. The minimum absolute atomic E-state index is 0.206. The molecule has 4 nitrogen and oxygen atoms in total. The summed E-state index contributed by atoms with van der Waals surface area (Å²) in [4.78, 5) is 35.4. The van der Waals surface area contributed by atoms with E-state index in [0.717, 1.165) is 31.2 Å². The van der Waals surface area contributed by atoms with Gasteiger partial charge in [-0.2, -0.15) is 0 Å². The Labute approximate surface area is 186 Å². The highest BCUT2D eigenvalue weighted by Crippen LogP contribution is 2.51. The zero-order valence-corrected chi connectivity index (χ0v) is 17.7. The maximum absolute atomic E-state index is 12.7. The van der Waals surface area contributed by atoms with Gasteiger partial charge in [0, 0.05) is 27.1 Å². The van der Waals surface area contributed by atoms with Gasteiger partial charge in [-0.3, -0.25) is 14.5 Å². The van der Waals surface area contributed by atoms with Crippen LogP contribution in [0.1, 0.15) is 25.6 Å². The highest BCUT2D eigenvalue weighted by Gasteiger charge is 2.33. The quantitative estimate of drug-likeness (QED) is 0.231. The van der Waals surface area contributed by atoms with E-state index in [-0.39, 0.29) is 17.1 Å². The van der Waals surface area contributed by atoms with Gasteiger partial charge in [-0.15, -0.1) is 11.3 Å². The van der Waals surface area contributed by atoms with Crippen LogP contribution < -0.4 is 4.90 Å². The molecule has 31 heavy (non-hydrogen) atoms. The van der Waals surface area contributed by atoms with Gasteiger partial charge in [-0.25, -0.2) is 4.98 Å². The fraction of sp³-hybridized carbons (Fsp3) is 0. The molecule has 0 unspecified atom stereocenters. The standard InChI is InChI=1S/C25H14N2O2S2/c28-23-16-6-1-2-7-17(16)24(29)18(23)14-15-11-12-22(30-15)27-19-8-3-4-9-20(19)31-21-10-5-13-26-25(21)27/h1-14H. The first-order valence-electron chi connectivity index (χ1n) is 9.73. The number of allylic oxidation sites excluding steroid dienone is 1. The lowest BCUT2D eigenvalue weighted by atomic mass is 10.1. The maximum atomic E-state index is 12.7. The topological polar surface area (TPSA) is 50.3 Å². The van der Waals surface area contributed by atoms with E-state index in [4.69, 9.17) is 0 Å². The van der Waals surface area contributed by atoms with Crippen LogP contribution in [-0.4, -0.2) is 16.6 Å². The number of carbonyl (C=O) groups excluding carboxylic acids is 2. The molecule has 1 aliphatic heterocycles. The van der Waals surface area contributed by atoms with Gasteiger partial charge >= 0.3 is 0 Å². The Morgan fingerprint density at radius 1 is 0.774 bits per heavy atom. The highest BCUT2D eigenvalue weighted by molar-refractivity contribution is 7.99. The van der Waals surface area contributed by atoms with Crippen LogP contribution >= 0.6 is 23.1 Å². The average Bonchev–Trinajstić information content (AvgIpc) is 3.36. The van der Waals surface area contributed by atoms with E-state index in [1.165, 1.54) is 11.3 Å². The molecule has 3 heterocycles. The number of Topliss-reactive ketones (excluding diaryl/α,β-unsaturated/α-hetero) is 2. The Morgan fingerprint density at radius 3 is 2.29 bits per heavy atom. The van der Waals surface area contributed by atoms with Crippen LogP contribution in [0.15, 0.2) is 94.4 Å².